The van der Waals surface area contributed by atoms with E-state index in [-0.39, 0.29) is 11.8 Å². The molecule has 0 amide bonds. The van der Waals surface area contributed by atoms with Crippen molar-refractivity contribution < 1.29 is 14.1 Å². The number of quaternary nitrogens is 1. The highest BCUT2D eigenvalue weighted by Crippen LogP contribution is 2.49. The molecule has 1 fully saturated rings. The number of para-hydroxylation sites is 1. The Kier molecular flexibility index (Phi) is 4.01. The summed E-state index contributed by atoms with van der Waals surface area (Å²) in [5.41, 5.74) is 1.96. The van der Waals surface area contributed by atoms with Crippen molar-refractivity contribution in [2.24, 2.45) is 5.10 Å². The van der Waals surface area contributed by atoms with Gasteiger partial charge in [0.2, 0.25) is 5.72 Å². The summed E-state index contributed by atoms with van der Waals surface area (Å²) in [4.78, 5) is 1.69. The highest BCUT2D eigenvalue weighted by atomic mass is 16.5. The maximum absolute atomic E-state index is 6.67. The van der Waals surface area contributed by atoms with Gasteiger partial charge in [0.15, 0.2) is 0 Å². The third kappa shape index (κ3) is 2.76. The topological polar surface area (TPSA) is 42.4 Å². The molecule has 142 valence electrons. The Morgan fingerprint density at radius 3 is 2.74 bits per heavy atom. The van der Waals surface area contributed by atoms with Crippen molar-refractivity contribution in [2.75, 3.05) is 19.6 Å². The number of hydrogen-bond acceptors (Lipinski definition) is 4. The molecule has 1 N–H and O–H groups in total. The van der Waals surface area contributed by atoms with Gasteiger partial charge in [-0.3, -0.25) is 0 Å². The van der Waals surface area contributed by atoms with Gasteiger partial charge in [-0.05, 0) is 31.5 Å². The summed E-state index contributed by atoms with van der Waals surface area (Å²) in [6.07, 6.45) is 4.14. The molecule has 1 aromatic carbocycles. The predicted octanol–water partition coefficient (Wildman–Crippen LogP) is 2.92. The van der Waals surface area contributed by atoms with Gasteiger partial charge in [-0.25, -0.2) is 5.01 Å². The SMILES string of the molecule is CCC[NH+]1CCC2(CC1)Oc1ccccc1[C@H]1CC(c3ccc(C)o3)=NN12. The summed E-state index contributed by atoms with van der Waals surface area (Å²) in [7, 11) is 0. The Morgan fingerprint density at radius 2 is 2.00 bits per heavy atom. The van der Waals surface area contributed by atoms with Crippen molar-refractivity contribution in [2.45, 2.75) is 51.3 Å². The van der Waals surface area contributed by atoms with Crippen LogP contribution in [0.15, 0.2) is 45.9 Å². The smallest absolute Gasteiger partial charge is 0.208 e. The number of hydrazone groups is 1. The Balaban J connectivity index is 1.51. The normalized spacial score (nSPS) is 29.3. The summed E-state index contributed by atoms with van der Waals surface area (Å²) in [5.74, 6) is 2.86. The highest BCUT2D eigenvalue weighted by molar-refractivity contribution is 5.99. The molecule has 4 heterocycles. The van der Waals surface area contributed by atoms with E-state index >= 15 is 0 Å². The number of fused-ring (bicyclic) bond motifs is 4. The van der Waals surface area contributed by atoms with E-state index in [0.29, 0.717) is 0 Å². The fourth-order valence-electron chi connectivity index (χ4n) is 4.90. The molecule has 3 aliphatic rings. The molecule has 1 saturated heterocycles. The molecule has 2 aromatic rings. The van der Waals surface area contributed by atoms with Gasteiger partial charge >= 0.3 is 0 Å². The average molecular weight is 366 g/mol. The minimum atomic E-state index is -0.320. The van der Waals surface area contributed by atoms with E-state index in [1.165, 1.54) is 18.5 Å². The van der Waals surface area contributed by atoms with Gasteiger partial charge in [0.1, 0.15) is 23.0 Å². The number of hydrogen-bond donors (Lipinski definition) is 1. The van der Waals surface area contributed by atoms with E-state index in [1.807, 2.05) is 19.1 Å². The largest absolute Gasteiger partial charge is 0.466 e. The molecule has 0 bridgehead atoms. The van der Waals surface area contributed by atoms with Crippen LogP contribution in [-0.4, -0.2) is 36.1 Å². The second kappa shape index (κ2) is 6.41. The zero-order valence-electron chi connectivity index (χ0n) is 16.2. The predicted molar refractivity (Wildman–Crippen MR) is 104 cm³/mol. The van der Waals surface area contributed by atoms with Crippen LogP contribution in [0.1, 0.15) is 55.7 Å². The van der Waals surface area contributed by atoms with Crippen molar-refractivity contribution in [3.8, 4) is 5.75 Å². The molecule has 27 heavy (non-hydrogen) atoms. The summed E-state index contributed by atoms with van der Waals surface area (Å²) in [6.45, 7) is 7.78. The van der Waals surface area contributed by atoms with Crippen LogP contribution in [0.4, 0.5) is 0 Å². The van der Waals surface area contributed by atoms with Crippen LogP contribution in [0.5, 0.6) is 5.75 Å². The standard InChI is InChI=1S/C22H27N3O2/c1-3-12-24-13-10-22(11-14-24)25-19(17-6-4-5-7-20(17)27-22)15-18(23-25)21-9-8-16(2)26-21/h4-9,19H,3,10-15H2,1-2H3/p+1/t19-/m1/s1. The zero-order chi connectivity index (χ0) is 18.4. The third-order valence-electron chi connectivity index (χ3n) is 6.27. The number of ether oxygens (including phenoxy) is 1. The molecule has 0 saturated carbocycles. The first-order valence-electron chi connectivity index (χ1n) is 10.2. The van der Waals surface area contributed by atoms with Crippen molar-refractivity contribution >= 4 is 5.71 Å². The first-order valence-corrected chi connectivity index (χ1v) is 10.2. The van der Waals surface area contributed by atoms with E-state index in [2.05, 4.69) is 36.2 Å². The van der Waals surface area contributed by atoms with Gasteiger partial charge in [0.05, 0.1) is 38.5 Å². The summed E-state index contributed by atoms with van der Waals surface area (Å²) < 4.78 is 12.5. The molecule has 5 rings (SSSR count). The van der Waals surface area contributed by atoms with E-state index in [4.69, 9.17) is 14.3 Å². The summed E-state index contributed by atoms with van der Waals surface area (Å²) >= 11 is 0. The summed E-state index contributed by atoms with van der Waals surface area (Å²) in [5, 5.41) is 7.33. The highest BCUT2D eigenvalue weighted by Gasteiger charge is 2.53. The van der Waals surface area contributed by atoms with E-state index in [9.17, 15) is 0 Å². The number of nitrogens with one attached hydrogen (secondary N) is 1. The fourth-order valence-corrected chi connectivity index (χ4v) is 4.90. The lowest BCUT2D eigenvalue weighted by molar-refractivity contribution is -0.908. The summed E-state index contributed by atoms with van der Waals surface area (Å²) in [6, 6.07) is 12.8. The van der Waals surface area contributed by atoms with Crippen molar-refractivity contribution in [3.63, 3.8) is 0 Å². The number of benzene rings is 1. The van der Waals surface area contributed by atoms with Crippen LogP contribution in [0.25, 0.3) is 0 Å². The molecule has 0 aliphatic carbocycles. The molecule has 0 unspecified atom stereocenters. The van der Waals surface area contributed by atoms with Crippen LogP contribution < -0.4 is 9.64 Å². The van der Waals surface area contributed by atoms with E-state index in [0.717, 1.165) is 55.3 Å². The Bertz CT molecular complexity index is 864. The minimum Gasteiger partial charge on any atom is -0.466 e. The fraction of sp³-hybridized carbons (Fsp3) is 0.500. The van der Waals surface area contributed by atoms with Gasteiger partial charge in [-0.2, -0.15) is 5.10 Å². The molecule has 3 aliphatic heterocycles. The molecule has 1 atom stereocenters. The number of furan rings is 1. The lowest BCUT2D eigenvalue weighted by atomic mass is 9.91. The lowest BCUT2D eigenvalue weighted by Crippen LogP contribution is -3.14. The Hall–Kier alpha value is -2.27. The quantitative estimate of drug-likeness (QED) is 0.908. The number of piperidine rings is 1. The molecule has 1 spiro atoms. The third-order valence-corrected chi connectivity index (χ3v) is 6.27. The lowest BCUT2D eigenvalue weighted by Gasteiger charge is -2.50. The van der Waals surface area contributed by atoms with Gasteiger partial charge < -0.3 is 14.1 Å². The Morgan fingerprint density at radius 1 is 1.19 bits per heavy atom. The average Bonchev–Trinajstić information content (AvgIpc) is 3.31. The van der Waals surface area contributed by atoms with Gasteiger partial charge in [0, 0.05) is 12.0 Å². The second-order valence-corrected chi connectivity index (χ2v) is 8.11. The number of likely N-dealkylation sites (tertiary alicyclic amines) is 1. The maximum Gasteiger partial charge on any atom is 0.208 e. The monoisotopic (exact) mass is 366 g/mol. The zero-order valence-corrected chi connectivity index (χ0v) is 16.2. The first kappa shape index (κ1) is 16.9. The van der Waals surface area contributed by atoms with Crippen molar-refractivity contribution in [1.82, 2.24) is 5.01 Å². The van der Waals surface area contributed by atoms with Crippen LogP contribution >= 0.6 is 0 Å². The van der Waals surface area contributed by atoms with Crippen LogP contribution in [0.2, 0.25) is 0 Å². The van der Waals surface area contributed by atoms with Gasteiger partial charge in [0.25, 0.3) is 0 Å². The Labute approximate surface area is 160 Å². The second-order valence-electron chi connectivity index (χ2n) is 8.11. The minimum absolute atomic E-state index is 0.239. The molecule has 5 heteroatoms. The van der Waals surface area contributed by atoms with Crippen LogP contribution in [-0.2, 0) is 0 Å². The molecule has 5 nitrogen and oxygen atoms in total. The molecular formula is C22H28N3O2+. The van der Waals surface area contributed by atoms with E-state index in [1.54, 1.807) is 4.90 Å². The number of aryl methyl sites for hydroxylation is 1. The van der Waals surface area contributed by atoms with Crippen molar-refractivity contribution in [3.05, 3.63) is 53.5 Å². The van der Waals surface area contributed by atoms with Crippen LogP contribution in [0, 0.1) is 6.92 Å². The maximum atomic E-state index is 6.67. The molecular weight excluding hydrogens is 338 g/mol. The number of nitrogens with zero attached hydrogens (tertiary/aromatic N) is 2. The molecule has 0 radical (unpaired) electrons. The molecule has 1 aromatic heterocycles. The van der Waals surface area contributed by atoms with Gasteiger partial charge in [-0.15, -0.1) is 0 Å². The van der Waals surface area contributed by atoms with Crippen molar-refractivity contribution in [1.29, 1.82) is 0 Å². The van der Waals surface area contributed by atoms with Gasteiger partial charge in [-0.1, -0.05) is 25.1 Å². The first-order chi connectivity index (χ1) is 13.2. The van der Waals surface area contributed by atoms with E-state index < -0.39 is 0 Å². The van der Waals surface area contributed by atoms with Crippen LogP contribution in [0.3, 0.4) is 0 Å². The number of rotatable bonds is 3.